The van der Waals surface area contributed by atoms with Crippen molar-refractivity contribution < 1.29 is 24.2 Å². The highest BCUT2D eigenvalue weighted by Crippen LogP contribution is 2.34. The molecule has 0 bridgehead atoms. The number of carbonyl (C=O) groups excluding carboxylic acids is 2. The Kier molecular flexibility index (Phi) is 5.75. The molecule has 0 saturated carbocycles. The monoisotopic (exact) mass is 331 g/mol. The van der Waals surface area contributed by atoms with Crippen molar-refractivity contribution in [2.24, 2.45) is 0 Å². The number of hydrogen-bond donors (Lipinski definition) is 2. The van der Waals surface area contributed by atoms with Gasteiger partial charge in [0.15, 0.2) is 5.75 Å². The third kappa shape index (κ3) is 5.09. The number of amides is 1. The number of benzene rings is 1. The number of ether oxygens (including phenoxy) is 1. The van der Waals surface area contributed by atoms with Gasteiger partial charge in [-0.2, -0.15) is 0 Å². The van der Waals surface area contributed by atoms with E-state index >= 15 is 0 Å². The third-order valence-corrected chi connectivity index (χ3v) is 2.68. The van der Waals surface area contributed by atoms with Gasteiger partial charge < -0.3 is 15.2 Å². The van der Waals surface area contributed by atoms with E-state index < -0.39 is 17.8 Å². The molecule has 0 saturated heterocycles. The molecule has 6 nitrogen and oxygen atoms in total. The zero-order valence-electron chi connectivity index (χ0n) is 11.1. The molecule has 0 heterocycles. The molecule has 8 heteroatoms. The molecular weight excluding hydrogens is 321 g/mol. The molecule has 112 valence electrons. The Morgan fingerprint density at radius 3 is 2.10 bits per heavy atom. The topological polar surface area (TPSA) is 92.7 Å². The minimum Gasteiger partial charge on any atom is -0.477 e. The van der Waals surface area contributed by atoms with E-state index in [1.165, 1.54) is 32.1 Å². The largest absolute Gasteiger partial charge is 0.477 e. The third-order valence-electron chi connectivity index (χ3n) is 2.12. The van der Waals surface area contributed by atoms with Gasteiger partial charge in [-0.3, -0.25) is 9.59 Å². The van der Waals surface area contributed by atoms with Crippen molar-refractivity contribution in [1.82, 2.24) is 5.32 Å². The predicted octanol–water partition coefficient (Wildman–Crippen LogP) is 2.48. The van der Waals surface area contributed by atoms with Crippen LogP contribution in [0.4, 0.5) is 0 Å². The minimum absolute atomic E-state index is 0.0145. The molecule has 0 radical (unpaired) electrons. The lowest BCUT2D eigenvalue weighted by atomic mass is 10.1. The summed E-state index contributed by atoms with van der Waals surface area (Å²) in [4.78, 5) is 32.9. The Bertz CT molecular complexity index is 616. The first-order valence-electron chi connectivity index (χ1n) is 5.60. The lowest BCUT2D eigenvalue weighted by molar-refractivity contribution is -0.134. The molecule has 0 aromatic heterocycles. The van der Waals surface area contributed by atoms with E-state index in [-0.39, 0.29) is 21.5 Å². The van der Waals surface area contributed by atoms with E-state index in [1.54, 1.807) is 0 Å². The lowest BCUT2D eigenvalue weighted by Crippen LogP contribution is -2.24. The van der Waals surface area contributed by atoms with Crippen LogP contribution in [0.2, 0.25) is 10.0 Å². The standard InChI is InChI=1S/C13H11Cl2NO5/c1-6(17)16-11(13(19)20)5-8-3-9(14)12(10(15)4-8)21-7(2)18/h3-5H,1-2H3,(H,16,17)(H,19,20)/b11-5-. The molecule has 0 spiro atoms. The fourth-order valence-electron chi connectivity index (χ4n) is 1.41. The molecule has 0 fully saturated rings. The van der Waals surface area contributed by atoms with E-state index in [0.29, 0.717) is 5.56 Å². The van der Waals surface area contributed by atoms with Crippen molar-refractivity contribution in [2.45, 2.75) is 13.8 Å². The summed E-state index contributed by atoms with van der Waals surface area (Å²) in [5.74, 6) is -2.45. The average molecular weight is 332 g/mol. The number of rotatable bonds is 4. The van der Waals surface area contributed by atoms with Crippen LogP contribution < -0.4 is 10.1 Å². The van der Waals surface area contributed by atoms with Crippen molar-refractivity contribution in [1.29, 1.82) is 0 Å². The second kappa shape index (κ2) is 7.10. The van der Waals surface area contributed by atoms with Crippen LogP contribution in [0, 0.1) is 0 Å². The van der Waals surface area contributed by atoms with Crippen molar-refractivity contribution in [3.63, 3.8) is 0 Å². The first-order chi connectivity index (χ1) is 9.70. The van der Waals surface area contributed by atoms with Gasteiger partial charge in [0, 0.05) is 13.8 Å². The van der Waals surface area contributed by atoms with Crippen LogP contribution in [-0.2, 0) is 14.4 Å². The number of esters is 1. The number of nitrogens with one attached hydrogen (secondary N) is 1. The van der Waals surface area contributed by atoms with Gasteiger partial charge in [-0.25, -0.2) is 4.79 Å². The van der Waals surface area contributed by atoms with Crippen LogP contribution >= 0.6 is 23.2 Å². The summed E-state index contributed by atoms with van der Waals surface area (Å²) in [7, 11) is 0. The van der Waals surface area contributed by atoms with Gasteiger partial charge in [0.25, 0.3) is 0 Å². The maximum absolute atomic E-state index is 11.0. The van der Waals surface area contributed by atoms with E-state index in [0.717, 1.165) is 0 Å². The highest BCUT2D eigenvalue weighted by Gasteiger charge is 2.13. The van der Waals surface area contributed by atoms with Crippen molar-refractivity contribution in [3.05, 3.63) is 33.4 Å². The van der Waals surface area contributed by atoms with Gasteiger partial charge in [0.05, 0.1) is 10.0 Å². The number of carbonyl (C=O) groups is 3. The van der Waals surface area contributed by atoms with Gasteiger partial charge in [0.1, 0.15) is 5.70 Å². The second-order valence-corrected chi connectivity index (χ2v) is 4.77. The molecule has 1 aromatic carbocycles. The summed E-state index contributed by atoms with van der Waals surface area (Å²) < 4.78 is 4.84. The summed E-state index contributed by atoms with van der Waals surface area (Å²) in [6, 6.07) is 2.72. The summed E-state index contributed by atoms with van der Waals surface area (Å²) in [5, 5.41) is 11.2. The number of carboxylic acids is 1. The van der Waals surface area contributed by atoms with Crippen molar-refractivity contribution in [2.75, 3.05) is 0 Å². The molecular formula is C13H11Cl2NO5. The first-order valence-corrected chi connectivity index (χ1v) is 6.36. The molecule has 0 aliphatic rings. The van der Waals surface area contributed by atoms with E-state index in [2.05, 4.69) is 5.32 Å². The summed E-state index contributed by atoms with van der Waals surface area (Å²) in [6.07, 6.45) is 1.18. The van der Waals surface area contributed by atoms with Crippen LogP contribution in [0.25, 0.3) is 6.08 Å². The zero-order chi connectivity index (χ0) is 16.2. The Morgan fingerprint density at radius 1 is 1.19 bits per heavy atom. The van der Waals surface area contributed by atoms with Gasteiger partial charge in [0.2, 0.25) is 5.91 Å². The molecule has 1 rings (SSSR count). The normalized spacial score (nSPS) is 11.0. The summed E-state index contributed by atoms with van der Waals surface area (Å²) in [6.45, 7) is 2.38. The molecule has 0 unspecified atom stereocenters. The Morgan fingerprint density at radius 2 is 1.71 bits per heavy atom. The number of carboxylic acid groups (broad SMARTS) is 1. The fourth-order valence-corrected chi connectivity index (χ4v) is 1.99. The molecule has 1 aromatic rings. The Balaban J connectivity index is 3.23. The van der Waals surface area contributed by atoms with Crippen molar-refractivity contribution >= 4 is 47.1 Å². The summed E-state index contributed by atoms with van der Waals surface area (Å²) in [5.41, 5.74) is -0.0121. The van der Waals surface area contributed by atoms with E-state index in [4.69, 9.17) is 33.0 Å². The number of hydrogen-bond acceptors (Lipinski definition) is 4. The maximum Gasteiger partial charge on any atom is 0.352 e. The van der Waals surface area contributed by atoms with Crippen LogP contribution in [-0.4, -0.2) is 23.0 Å². The molecule has 0 aliphatic carbocycles. The van der Waals surface area contributed by atoms with Gasteiger partial charge in [-0.05, 0) is 23.8 Å². The van der Waals surface area contributed by atoms with Crippen LogP contribution in [0.5, 0.6) is 5.75 Å². The molecule has 21 heavy (non-hydrogen) atoms. The van der Waals surface area contributed by atoms with Crippen LogP contribution in [0.15, 0.2) is 17.8 Å². The quantitative estimate of drug-likeness (QED) is 0.502. The zero-order valence-corrected chi connectivity index (χ0v) is 12.6. The smallest absolute Gasteiger partial charge is 0.352 e. The molecule has 0 aliphatic heterocycles. The van der Waals surface area contributed by atoms with Crippen LogP contribution in [0.3, 0.4) is 0 Å². The Hall–Kier alpha value is -2.05. The highest BCUT2D eigenvalue weighted by atomic mass is 35.5. The van der Waals surface area contributed by atoms with Gasteiger partial charge in [-0.15, -0.1) is 0 Å². The predicted molar refractivity (Wildman–Crippen MR) is 77.2 cm³/mol. The average Bonchev–Trinajstić information content (AvgIpc) is 2.32. The van der Waals surface area contributed by atoms with E-state index in [1.807, 2.05) is 0 Å². The van der Waals surface area contributed by atoms with E-state index in [9.17, 15) is 14.4 Å². The first kappa shape index (κ1) is 17.0. The maximum atomic E-state index is 11.0. The summed E-state index contributed by atoms with van der Waals surface area (Å²) >= 11 is 11.8. The van der Waals surface area contributed by atoms with Crippen molar-refractivity contribution in [3.8, 4) is 5.75 Å². The number of aliphatic carboxylic acids is 1. The van der Waals surface area contributed by atoms with Crippen LogP contribution in [0.1, 0.15) is 19.4 Å². The molecule has 1 amide bonds. The Labute approximate surface area is 130 Å². The highest BCUT2D eigenvalue weighted by molar-refractivity contribution is 6.37. The molecule has 2 N–H and O–H groups in total. The second-order valence-electron chi connectivity index (χ2n) is 3.95. The SMILES string of the molecule is CC(=O)N/C(=C\c1cc(Cl)c(OC(C)=O)c(Cl)c1)C(=O)O. The lowest BCUT2D eigenvalue weighted by Gasteiger charge is -2.08. The number of halogens is 2. The fraction of sp³-hybridized carbons (Fsp3) is 0.154. The minimum atomic E-state index is -1.32. The molecule has 0 atom stereocenters. The van der Waals surface area contributed by atoms with Gasteiger partial charge in [-0.1, -0.05) is 23.2 Å². The van der Waals surface area contributed by atoms with Gasteiger partial charge >= 0.3 is 11.9 Å².